The molecule has 1 amide bonds. The predicted octanol–water partition coefficient (Wildman–Crippen LogP) is 1.22. The van der Waals surface area contributed by atoms with Crippen LogP contribution in [0.15, 0.2) is 0 Å². The van der Waals surface area contributed by atoms with Crippen LogP contribution in [0.25, 0.3) is 0 Å². The van der Waals surface area contributed by atoms with Gasteiger partial charge in [0.25, 0.3) is 0 Å². The zero-order chi connectivity index (χ0) is 14.1. The van der Waals surface area contributed by atoms with E-state index in [0.29, 0.717) is 6.42 Å². The summed E-state index contributed by atoms with van der Waals surface area (Å²) in [5.41, 5.74) is -1.76. The summed E-state index contributed by atoms with van der Waals surface area (Å²) in [7, 11) is 0. The van der Waals surface area contributed by atoms with Crippen LogP contribution in [-0.2, 0) is 9.53 Å². The Labute approximate surface area is 107 Å². The molecule has 2 N–H and O–H groups in total. The number of carbonyl (C=O) groups excluding carboxylic acids is 1. The van der Waals surface area contributed by atoms with Crippen LogP contribution >= 0.6 is 0 Å². The van der Waals surface area contributed by atoms with E-state index in [1.165, 1.54) is 0 Å². The van der Waals surface area contributed by atoms with Gasteiger partial charge in [-0.1, -0.05) is 0 Å². The van der Waals surface area contributed by atoms with Crippen molar-refractivity contribution >= 4 is 12.1 Å². The van der Waals surface area contributed by atoms with Gasteiger partial charge in [-0.25, -0.2) is 9.59 Å². The molecule has 0 bridgehead atoms. The topological polar surface area (TPSA) is 87.1 Å². The first kappa shape index (κ1) is 14.8. The van der Waals surface area contributed by atoms with Crippen molar-refractivity contribution in [1.29, 1.82) is 0 Å². The van der Waals surface area contributed by atoms with Crippen LogP contribution in [0.2, 0.25) is 0 Å². The lowest BCUT2D eigenvalue weighted by Gasteiger charge is -2.41. The molecule has 2 unspecified atom stereocenters. The fourth-order valence-corrected chi connectivity index (χ4v) is 1.93. The first-order valence-electron chi connectivity index (χ1n) is 5.97. The monoisotopic (exact) mass is 259 g/mol. The average molecular weight is 259 g/mol. The molecule has 0 aromatic heterocycles. The molecule has 1 rings (SSSR count). The Kier molecular flexibility index (Phi) is 3.90. The Balaban J connectivity index is 2.85. The van der Waals surface area contributed by atoms with Crippen molar-refractivity contribution in [2.45, 2.75) is 57.8 Å². The van der Waals surface area contributed by atoms with Crippen LogP contribution in [0.3, 0.4) is 0 Å². The molecule has 104 valence electrons. The second-order valence-electron chi connectivity index (χ2n) is 6.00. The summed E-state index contributed by atoms with van der Waals surface area (Å²) < 4.78 is 5.16. The van der Waals surface area contributed by atoms with Crippen LogP contribution in [0.1, 0.15) is 40.5 Å². The number of aliphatic hydroxyl groups is 1. The lowest BCUT2D eigenvalue weighted by atomic mass is 9.90. The number of piperidine rings is 1. The standard InChI is InChI=1S/C12H21NO5/c1-11(2,3)18-10(16)13-7-12(4,17)6-5-8(13)9(14)15/h8,17H,5-7H2,1-4H3,(H,14,15). The molecule has 6 heteroatoms. The van der Waals surface area contributed by atoms with E-state index in [1.54, 1.807) is 27.7 Å². The Bertz CT molecular complexity index is 345. The van der Waals surface area contributed by atoms with Gasteiger partial charge in [0.2, 0.25) is 0 Å². The Morgan fingerprint density at radius 2 is 1.94 bits per heavy atom. The number of β-amino-alcohol motifs (C(OH)–C–C–N with tert-alkyl or cyclic N) is 1. The number of ether oxygens (including phenoxy) is 1. The molecule has 0 spiro atoms. The van der Waals surface area contributed by atoms with Gasteiger partial charge in [-0.2, -0.15) is 0 Å². The van der Waals surface area contributed by atoms with Gasteiger partial charge in [0.15, 0.2) is 0 Å². The van der Waals surface area contributed by atoms with Gasteiger partial charge in [0, 0.05) is 0 Å². The number of carbonyl (C=O) groups is 2. The molecule has 6 nitrogen and oxygen atoms in total. The van der Waals surface area contributed by atoms with Crippen LogP contribution < -0.4 is 0 Å². The van der Waals surface area contributed by atoms with E-state index < -0.39 is 29.3 Å². The van der Waals surface area contributed by atoms with Crippen molar-refractivity contribution < 1.29 is 24.5 Å². The summed E-state index contributed by atoms with van der Waals surface area (Å²) in [5, 5.41) is 19.0. The number of aliphatic carboxylic acids is 1. The van der Waals surface area contributed by atoms with Gasteiger partial charge < -0.3 is 14.9 Å². The lowest BCUT2D eigenvalue weighted by Crippen LogP contribution is -2.57. The third-order valence-electron chi connectivity index (χ3n) is 2.76. The largest absolute Gasteiger partial charge is 0.480 e. The zero-order valence-corrected chi connectivity index (χ0v) is 11.3. The fraction of sp³-hybridized carbons (Fsp3) is 0.833. The van der Waals surface area contributed by atoms with Gasteiger partial charge >= 0.3 is 12.1 Å². The van der Waals surface area contributed by atoms with Crippen molar-refractivity contribution in [3.05, 3.63) is 0 Å². The molecule has 18 heavy (non-hydrogen) atoms. The van der Waals surface area contributed by atoms with Crippen molar-refractivity contribution in [2.24, 2.45) is 0 Å². The van der Waals surface area contributed by atoms with E-state index in [1.807, 2.05) is 0 Å². The average Bonchev–Trinajstić information content (AvgIpc) is 2.12. The number of nitrogens with zero attached hydrogens (tertiary/aromatic N) is 1. The molecule has 1 fully saturated rings. The van der Waals surface area contributed by atoms with Crippen molar-refractivity contribution in [3.63, 3.8) is 0 Å². The van der Waals surface area contributed by atoms with Crippen molar-refractivity contribution in [1.82, 2.24) is 4.90 Å². The van der Waals surface area contributed by atoms with Crippen LogP contribution in [0.4, 0.5) is 4.79 Å². The second-order valence-corrected chi connectivity index (χ2v) is 6.00. The van der Waals surface area contributed by atoms with Gasteiger partial charge in [-0.3, -0.25) is 4.90 Å². The third-order valence-corrected chi connectivity index (χ3v) is 2.76. The molecule has 0 aromatic rings. The fourth-order valence-electron chi connectivity index (χ4n) is 1.93. The number of amides is 1. The molecule has 0 saturated carbocycles. The maximum atomic E-state index is 11.9. The molecular weight excluding hydrogens is 238 g/mol. The number of carboxylic acids is 1. The third kappa shape index (κ3) is 3.87. The van der Waals surface area contributed by atoms with Crippen LogP contribution in [0, 0.1) is 0 Å². The molecule has 0 aliphatic carbocycles. The highest BCUT2D eigenvalue weighted by Gasteiger charge is 2.42. The maximum Gasteiger partial charge on any atom is 0.411 e. The van der Waals surface area contributed by atoms with Crippen molar-refractivity contribution in [3.8, 4) is 0 Å². The Morgan fingerprint density at radius 3 is 2.39 bits per heavy atom. The van der Waals surface area contributed by atoms with E-state index in [-0.39, 0.29) is 13.0 Å². The van der Waals surface area contributed by atoms with Crippen LogP contribution in [0.5, 0.6) is 0 Å². The first-order chi connectivity index (χ1) is 8.02. The zero-order valence-electron chi connectivity index (χ0n) is 11.3. The molecule has 1 saturated heterocycles. The Morgan fingerprint density at radius 1 is 1.39 bits per heavy atom. The number of carboxylic acid groups (broad SMARTS) is 1. The quantitative estimate of drug-likeness (QED) is 0.739. The smallest absolute Gasteiger partial charge is 0.411 e. The minimum absolute atomic E-state index is 0.0289. The lowest BCUT2D eigenvalue weighted by molar-refractivity contribution is -0.148. The molecule has 0 aromatic carbocycles. The van der Waals surface area contributed by atoms with E-state index in [0.717, 1.165) is 4.90 Å². The summed E-state index contributed by atoms with van der Waals surface area (Å²) in [6, 6.07) is -0.930. The maximum absolute atomic E-state index is 11.9. The van der Waals surface area contributed by atoms with Crippen molar-refractivity contribution in [2.75, 3.05) is 6.54 Å². The van der Waals surface area contributed by atoms with Crippen LogP contribution in [-0.4, -0.2) is 51.0 Å². The summed E-state index contributed by atoms with van der Waals surface area (Å²) >= 11 is 0. The van der Waals surface area contributed by atoms with Gasteiger partial charge in [0.1, 0.15) is 11.6 Å². The summed E-state index contributed by atoms with van der Waals surface area (Å²) in [6.45, 7) is 6.69. The molecule has 1 aliphatic heterocycles. The van der Waals surface area contributed by atoms with Gasteiger partial charge in [0.05, 0.1) is 12.1 Å². The summed E-state index contributed by atoms with van der Waals surface area (Å²) in [4.78, 5) is 24.2. The number of likely N-dealkylation sites (tertiary alicyclic amines) is 1. The molecular formula is C12H21NO5. The highest BCUT2D eigenvalue weighted by atomic mass is 16.6. The predicted molar refractivity (Wildman–Crippen MR) is 64.2 cm³/mol. The number of hydrogen-bond acceptors (Lipinski definition) is 4. The summed E-state index contributed by atoms with van der Waals surface area (Å²) in [5.74, 6) is -1.07. The number of rotatable bonds is 1. The van der Waals surface area contributed by atoms with E-state index in [4.69, 9.17) is 9.84 Å². The minimum Gasteiger partial charge on any atom is -0.480 e. The van der Waals surface area contributed by atoms with Gasteiger partial charge in [-0.05, 0) is 40.5 Å². The van der Waals surface area contributed by atoms with E-state index in [2.05, 4.69) is 0 Å². The normalized spacial score (nSPS) is 28.9. The van der Waals surface area contributed by atoms with E-state index >= 15 is 0 Å². The molecule has 0 radical (unpaired) electrons. The minimum atomic E-state index is -1.07. The number of hydrogen-bond donors (Lipinski definition) is 2. The second kappa shape index (κ2) is 4.76. The summed E-state index contributed by atoms with van der Waals surface area (Å²) in [6.07, 6.45) is -0.125. The SMILES string of the molecule is CC1(O)CCC(C(=O)O)N(C(=O)OC(C)(C)C)C1. The van der Waals surface area contributed by atoms with E-state index in [9.17, 15) is 14.7 Å². The highest BCUT2D eigenvalue weighted by molar-refractivity contribution is 5.80. The highest BCUT2D eigenvalue weighted by Crippen LogP contribution is 2.27. The van der Waals surface area contributed by atoms with Gasteiger partial charge in [-0.15, -0.1) is 0 Å². The first-order valence-corrected chi connectivity index (χ1v) is 5.97. The molecule has 1 heterocycles. The Hall–Kier alpha value is -1.30. The molecule has 1 aliphatic rings. The molecule has 2 atom stereocenters.